The number of fused-ring (bicyclic) bond motifs is 1. The smallest absolute Gasteiger partial charge is 0.197 e. The van der Waals surface area contributed by atoms with Crippen molar-refractivity contribution in [2.75, 3.05) is 31.2 Å². The first-order valence-corrected chi connectivity index (χ1v) is 7.76. The van der Waals surface area contributed by atoms with Gasteiger partial charge in [-0.25, -0.2) is 0 Å². The molecule has 24 heavy (non-hydrogen) atoms. The van der Waals surface area contributed by atoms with Gasteiger partial charge < -0.3 is 19.2 Å². The summed E-state index contributed by atoms with van der Waals surface area (Å²) >= 11 is 0. The van der Waals surface area contributed by atoms with Crippen LogP contribution in [-0.4, -0.2) is 36.4 Å². The van der Waals surface area contributed by atoms with Crippen molar-refractivity contribution in [3.05, 3.63) is 52.9 Å². The van der Waals surface area contributed by atoms with Gasteiger partial charge in [0.05, 0.1) is 13.2 Å². The molecule has 122 valence electrons. The SMILES string of the molecule is O=c1cc(-c2cccnc2)oc2cc(N3CCOCC3)cc(O)c12. The Morgan fingerprint density at radius 3 is 2.75 bits per heavy atom. The summed E-state index contributed by atoms with van der Waals surface area (Å²) in [7, 11) is 0. The normalized spacial score (nSPS) is 14.9. The molecule has 3 heterocycles. The van der Waals surface area contributed by atoms with Crippen molar-refractivity contribution in [2.45, 2.75) is 0 Å². The number of hydrogen-bond donors (Lipinski definition) is 1. The number of hydrogen-bond acceptors (Lipinski definition) is 6. The number of phenolic OH excluding ortho intramolecular Hbond substituents is 1. The molecule has 6 heteroatoms. The molecule has 1 saturated heterocycles. The van der Waals surface area contributed by atoms with Gasteiger partial charge in [-0.3, -0.25) is 9.78 Å². The standard InChI is InChI=1S/C18H16N2O4/c21-14-8-13(20-4-6-23-7-5-20)9-17-18(14)15(22)10-16(24-17)12-2-1-3-19-11-12/h1-3,8-11,21H,4-7H2. The highest BCUT2D eigenvalue weighted by Gasteiger charge is 2.17. The number of rotatable bonds is 2. The average Bonchev–Trinajstić information content (AvgIpc) is 2.62. The molecule has 0 saturated carbocycles. The lowest BCUT2D eigenvalue weighted by Crippen LogP contribution is -2.36. The Balaban J connectivity index is 1.87. The second kappa shape index (κ2) is 5.98. The maximum absolute atomic E-state index is 12.4. The summed E-state index contributed by atoms with van der Waals surface area (Å²) in [5.41, 5.74) is 1.62. The highest BCUT2D eigenvalue weighted by Crippen LogP contribution is 2.31. The van der Waals surface area contributed by atoms with Crippen molar-refractivity contribution >= 4 is 16.7 Å². The number of anilines is 1. The minimum atomic E-state index is -0.277. The fourth-order valence-electron chi connectivity index (χ4n) is 2.91. The first-order valence-electron chi connectivity index (χ1n) is 7.76. The number of pyridine rings is 1. The predicted octanol–water partition coefficient (Wildman–Crippen LogP) is 2.40. The van der Waals surface area contributed by atoms with E-state index >= 15 is 0 Å². The van der Waals surface area contributed by atoms with Crippen LogP contribution in [0.5, 0.6) is 5.75 Å². The molecule has 2 aromatic heterocycles. The molecule has 4 rings (SSSR count). The second-order valence-corrected chi connectivity index (χ2v) is 5.65. The Labute approximate surface area is 137 Å². The molecular formula is C18H16N2O4. The minimum Gasteiger partial charge on any atom is -0.507 e. The van der Waals surface area contributed by atoms with Crippen molar-refractivity contribution in [3.63, 3.8) is 0 Å². The van der Waals surface area contributed by atoms with Crippen LogP contribution in [0.15, 0.2) is 51.9 Å². The van der Waals surface area contributed by atoms with Crippen molar-refractivity contribution in [1.82, 2.24) is 4.98 Å². The molecular weight excluding hydrogens is 308 g/mol. The molecule has 1 aliphatic rings. The van der Waals surface area contributed by atoms with E-state index < -0.39 is 0 Å². The number of morpholine rings is 1. The third-order valence-corrected chi connectivity index (χ3v) is 4.12. The van der Waals surface area contributed by atoms with E-state index in [0.29, 0.717) is 30.1 Å². The van der Waals surface area contributed by atoms with Gasteiger partial charge in [-0.2, -0.15) is 0 Å². The molecule has 0 bridgehead atoms. The van der Waals surface area contributed by atoms with E-state index in [1.165, 1.54) is 6.07 Å². The van der Waals surface area contributed by atoms with Crippen LogP contribution < -0.4 is 10.3 Å². The fraction of sp³-hybridized carbons (Fsp3) is 0.222. The van der Waals surface area contributed by atoms with Crippen LogP contribution in [-0.2, 0) is 4.74 Å². The molecule has 1 aromatic carbocycles. The van der Waals surface area contributed by atoms with Gasteiger partial charge in [0, 0.05) is 54.9 Å². The molecule has 0 unspecified atom stereocenters. The van der Waals surface area contributed by atoms with Crippen LogP contribution in [0.2, 0.25) is 0 Å². The molecule has 1 N–H and O–H groups in total. The molecule has 3 aromatic rings. The maximum atomic E-state index is 12.4. The monoisotopic (exact) mass is 324 g/mol. The maximum Gasteiger partial charge on any atom is 0.197 e. The van der Waals surface area contributed by atoms with E-state index in [2.05, 4.69) is 9.88 Å². The number of aromatic hydroxyl groups is 1. The molecule has 1 fully saturated rings. The van der Waals surface area contributed by atoms with Crippen LogP contribution in [0.1, 0.15) is 0 Å². The predicted molar refractivity (Wildman–Crippen MR) is 90.4 cm³/mol. The zero-order valence-corrected chi connectivity index (χ0v) is 12.9. The zero-order chi connectivity index (χ0) is 16.5. The molecule has 0 radical (unpaired) electrons. The van der Waals surface area contributed by atoms with Crippen molar-refractivity contribution in [3.8, 4) is 17.1 Å². The summed E-state index contributed by atoms with van der Waals surface area (Å²) in [4.78, 5) is 18.5. The van der Waals surface area contributed by atoms with Crippen LogP contribution in [0.3, 0.4) is 0 Å². The van der Waals surface area contributed by atoms with Crippen molar-refractivity contribution < 1.29 is 14.3 Å². The topological polar surface area (TPSA) is 75.8 Å². The lowest BCUT2D eigenvalue weighted by Gasteiger charge is -2.29. The van der Waals surface area contributed by atoms with E-state index in [9.17, 15) is 9.90 Å². The van der Waals surface area contributed by atoms with Gasteiger partial charge in [0.1, 0.15) is 22.5 Å². The largest absolute Gasteiger partial charge is 0.507 e. The number of ether oxygens (including phenoxy) is 1. The van der Waals surface area contributed by atoms with E-state index in [1.54, 1.807) is 30.6 Å². The quantitative estimate of drug-likeness (QED) is 0.780. The Morgan fingerprint density at radius 2 is 2.00 bits per heavy atom. The minimum absolute atomic E-state index is 0.0690. The van der Waals surface area contributed by atoms with E-state index in [0.717, 1.165) is 18.8 Å². The van der Waals surface area contributed by atoms with Crippen molar-refractivity contribution in [1.29, 1.82) is 0 Å². The Hall–Kier alpha value is -2.86. The zero-order valence-electron chi connectivity index (χ0n) is 12.9. The Kier molecular flexibility index (Phi) is 3.66. The Morgan fingerprint density at radius 1 is 1.17 bits per heavy atom. The summed E-state index contributed by atoms with van der Waals surface area (Å²) < 4.78 is 11.2. The Bertz CT molecular complexity index is 931. The summed E-state index contributed by atoms with van der Waals surface area (Å²) in [6.45, 7) is 2.74. The van der Waals surface area contributed by atoms with E-state index in [4.69, 9.17) is 9.15 Å². The third-order valence-electron chi connectivity index (χ3n) is 4.12. The first kappa shape index (κ1) is 14.7. The molecule has 1 aliphatic heterocycles. The van der Waals surface area contributed by atoms with Gasteiger partial charge in [-0.15, -0.1) is 0 Å². The van der Waals surface area contributed by atoms with Gasteiger partial charge in [0.2, 0.25) is 0 Å². The third kappa shape index (κ3) is 2.61. The van der Waals surface area contributed by atoms with Crippen LogP contribution in [0.25, 0.3) is 22.3 Å². The lowest BCUT2D eigenvalue weighted by atomic mass is 10.1. The molecule has 0 spiro atoms. The lowest BCUT2D eigenvalue weighted by molar-refractivity contribution is 0.122. The number of phenols is 1. The number of benzene rings is 1. The second-order valence-electron chi connectivity index (χ2n) is 5.65. The van der Waals surface area contributed by atoms with E-state index in [1.807, 2.05) is 6.07 Å². The highest BCUT2D eigenvalue weighted by molar-refractivity contribution is 5.88. The van der Waals surface area contributed by atoms with Gasteiger partial charge >= 0.3 is 0 Å². The molecule has 0 amide bonds. The summed E-state index contributed by atoms with van der Waals surface area (Å²) in [5.74, 6) is 0.361. The molecule has 0 atom stereocenters. The van der Waals surface area contributed by atoms with E-state index in [-0.39, 0.29) is 16.6 Å². The fourth-order valence-corrected chi connectivity index (χ4v) is 2.91. The molecule has 0 aliphatic carbocycles. The summed E-state index contributed by atoms with van der Waals surface area (Å²) in [5, 5.41) is 10.5. The van der Waals surface area contributed by atoms with Crippen molar-refractivity contribution in [2.24, 2.45) is 0 Å². The van der Waals surface area contributed by atoms with Gasteiger partial charge in [0.15, 0.2) is 5.43 Å². The first-order chi connectivity index (χ1) is 11.7. The summed E-state index contributed by atoms with van der Waals surface area (Å²) in [6.07, 6.45) is 3.29. The van der Waals surface area contributed by atoms with Crippen LogP contribution >= 0.6 is 0 Å². The molecule has 6 nitrogen and oxygen atoms in total. The summed E-state index contributed by atoms with van der Waals surface area (Å²) in [6, 6.07) is 8.38. The highest BCUT2D eigenvalue weighted by atomic mass is 16.5. The van der Waals surface area contributed by atoms with Crippen LogP contribution in [0, 0.1) is 0 Å². The number of nitrogens with zero attached hydrogens (tertiary/aromatic N) is 2. The van der Waals surface area contributed by atoms with Gasteiger partial charge in [-0.05, 0) is 12.1 Å². The number of aromatic nitrogens is 1. The van der Waals surface area contributed by atoms with Gasteiger partial charge in [0.25, 0.3) is 0 Å². The van der Waals surface area contributed by atoms with Gasteiger partial charge in [-0.1, -0.05) is 0 Å². The average molecular weight is 324 g/mol. The van der Waals surface area contributed by atoms with Crippen LogP contribution in [0.4, 0.5) is 5.69 Å².